The molecule has 0 spiro atoms. The van der Waals surface area contributed by atoms with Crippen molar-refractivity contribution in [2.45, 2.75) is 102 Å². The van der Waals surface area contributed by atoms with Gasteiger partial charge in [0, 0.05) is 13.0 Å². The van der Waals surface area contributed by atoms with Crippen molar-refractivity contribution in [2.24, 2.45) is 5.73 Å². The number of carbonyl (C=O) groups excluding carboxylic acids is 2. The van der Waals surface area contributed by atoms with Crippen molar-refractivity contribution in [1.29, 1.82) is 0 Å². The molecule has 6 heteroatoms. The van der Waals surface area contributed by atoms with Gasteiger partial charge in [-0.1, -0.05) is 70.6 Å². The fourth-order valence-electron chi connectivity index (χ4n) is 3.05. The second-order valence-corrected chi connectivity index (χ2v) is 7.78. The number of thiol groups is 1. The average Bonchev–Trinajstić information content (AvgIpc) is 2.67. The highest BCUT2D eigenvalue weighted by molar-refractivity contribution is 7.80. The van der Waals surface area contributed by atoms with Crippen LogP contribution in [0.1, 0.15) is 96.3 Å². The molecule has 0 aliphatic heterocycles. The van der Waals surface area contributed by atoms with E-state index in [0.717, 1.165) is 25.8 Å². The van der Waals surface area contributed by atoms with Gasteiger partial charge >= 0.3 is 5.97 Å². The Balaban J connectivity index is 3.17. The van der Waals surface area contributed by atoms with Crippen molar-refractivity contribution in [3.8, 4) is 0 Å². The van der Waals surface area contributed by atoms with Crippen LogP contribution in [0, 0.1) is 0 Å². The quantitative estimate of drug-likeness (QED) is 0.170. The van der Waals surface area contributed by atoms with Gasteiger partial charge in [0.15, 0.2) is 0 Å². The average molecular weight is 403 g/mol. The highest BCUT2D eigenvalue weighted by Gasteiger charge is 2.10. The maximum atomic E-state index is 11.6. The number of unbranched alkanes of at least 4 members (excludes halogenated alkanes) is 12. The molecule has 0 aliphatic carbocycles. The Morgan fingerprint density at radius 2 is 1.30 bits per heavy atom. The monoisotopic (exact) mass is 402 g/mol. The van der Waals surface area contributed by atoms with Crippen LogP contribution in [0.5, 0.6) is 0 Å². The van der Waals surface area contributed by atoms with Gasteiger partial charge in [-0.25, -0.2) is 0 Å². The molecule has 0 bridgehead atoms. The molecule has 0 saturated heterocycles. The van der Waals surface area contributed by atoms with Crippen molar-refractivity contribution < 1.29 is 14.3 Å². The topological polar surface area (TPSA) is 81.4 Å². The third-order valence-corrected chi connectivity index (χ3v) is 5.12. The summed E-state index contributed by atoms with van der Waals surface area (Å²) >= 11 is 4.09. The molecule has 0 aliphatic rings. The normalized spacial score (nSPS) is 12.0. The molecule has 1 atom stereocenters. The minimum Gasteiger partial charge on any atom is -0.469 e. The maximum Gasteiger partial charge on any atom is 0.305 e. The number of methoxy groups -OCH3 is 1. The molecular weight excluding hydrogens is 360 g/mol. The van der Waals surface area contributed by atoms with E-state index >= 15 is 0 Å². The van der Waals surface area contributed by atoms with Crippen LogP contribution in [-0.2, 0) is 14.3 Å². The summed E-state index contributed by atoms with van der Waals surface area (Å²) in [6, 6.07) is -0.414. The van der Waals surface area contributed by atoms with E-state index in [2.05, 4.69) is 22.7 Å². The van der Waals surface area contributed by atoms with E-state index < -0.39 is 6.04 Å². The minimum absolute atomic E-state index is 0.0486. The number of amides is 1. The second-order valence-electron chi connectivity index (χ2n) is 7.33. The Kier molecular flexibility index (Phi) is 19.4. The summed E-state index contributed by atoms with van der Waals surface area (Å²) in [5, 5.41) is 2.90. The third kappa shape index (κ3) is 18.4. The fraction of sp³-hybridized carbons (Fsp3) is 0.905. The number of rotatable bonds is 19. The lowest BCUT2D eigenvalue weighted by Gasteiger charge is -2.10. The minimum atomic E-state index is -0.414. The summed E-state index contributed by atoms with van der Waals surface area (Å²) < 4.78 is 4.63. The number of nitrogens with one attached hydrogen (secondary N) is 1. The van der Waals surface area contributed by atoms with Crippen LogP contribution in [0.25, 0.3) is 0 Å². The number of carbonyl (C=O) groups is 2. The molecule has 5 nitrogen and oxygen atoms in total. The van der Waals surface area contributed by atoms with E-state index in [4.69, 9.17) is 5.73 Å². The first-order chi connectivity index (χ1) is 13.1. The smallest absolute Gasteiger partial charge is 0.305 e. The highest BCUT2D eigenvalue weighted by Crippen LogP contribution is 2.13. The number of hydrogen-bond donors (Lipinski definition) is 3. The highest BCUT2D eigenvalue weighted by atomic mass is 32.1. The van der Waals surface area contributed by atoms with Gasteiger partial charge in [0.25, 0.3) is 0 Å². The third-order valence-electron chi connectivity index (χ3n) is 4.86. The second kappa shape index (κ2) is 20.0. The molecule has 1 amide bonds. The summed E-state index contributed by atoms with van der Waals surface area (Å²) in [6.45, 7) is 0.735. The van der Waals surface area contributed by atoms with E-state index in [1.807, 2.05) is 0 Å². The Morgan fingerprint density at radius 1 is 0.852 bits per heavy atom. The number of esters is 1. The number of ether oxygens (including phenoxy) is 1. The van der Waals surface area contributed by atoms with E-state index in [1.165, 1.54) is 71.3 Å². The van der Waals surface area contributed by atoms with Gasteiger partial charge in [-0.2, -0.15) is 12.6 Å². The first kappa shape index (κ1) is 26.2. The summed E-state index contributed by atoms with van der Waals surface area (Å²) in [4.78, 5) is 22.6. The van der Waals surface area contributed by atoms with Crippen LogP contribution in [0.4, 0.5) is 0 Å². The molecular formula is C21H42N2O3S. The Bertz CT molecular complexity index is 367. The molecule has 0 saturated carbocycles. The molecule has 1 unspecified atom stereocenters. The maximum absolute atomic E-state index is 11.6. The van der Waals surface area contributed by atoms with Crippen molar-refractivity contribution >= 4 is 24.5 Å². The first-order valence-corrected chi connectivity index (χ1v) is 11.5. The molecule has 0 aromatic carbocycles. The zero-order valence-electron chi connectivity index (χ0n) is 17.3. The van der Waals surface area contributed by atoms with Gasteiger partial charge in [-0.3, -0.25) is 9.59 Å². The van der Waals surface area contributed by atoms with E-state index in [9.17, 15) is 9.59 Å². The summed E-state index contributed by atoms with van der Waals surface area (Å²) in [7, 11) is 1.45. The van der Waals surface area contributed by atoms with Gasteiger partial charge in [0.1, 0.15) is 0 Å². The van der Waals surface area contributed by atoms with Gasteiger partial charge < -0.3 is 15.8 Å². The molecule has 0 aromatic rings. The number of nitrogens with two attached hydrogens (primary N) is 1. The van der Waals surface area contributed by atoms with Crippen LogP contribution in [0.2, 0.25) is 0 Å². The van der Waals surface area contributed by atoms with E-state index in [1.54, 1.807) is 0 Å². The van der Waals surface area contributed by atoms with Gasteiger partial charge in [0.05, 0.1) is 13.2 Å². The Morgan fingerprint density at radius 3 is 1.74 bits per heavy atom. The molecule has 0 fully saturated rings. The van der Waals surface area contributed by atoms with Gasteiger partial charge in [-0.15, -0.1) is 0 Å². The summed E-state index contributed by atoms with van der Waals surface area (Å²) in [5.74, 6) is 0.506. The fourth-order valence-corrected chi connectivity index (χ4v) is 3.33. The number of hydrogen-bond acceptors (Lipinski definition) is 5. The lowest BCUT2D eigenvalue weighted by Crippen LogP contribution is -2.41. The van der Waals surface area contributed by atoms with E-state index in [-0.39, 0.29) is 11.9 Å². The van der Waals surface area contributed by atoms with Crippen molar-refractivity contribution in [1.82, 2.24) is 5.32 Å². The van der Waals surface area contributed by atoms with Crippen LogP contribution in [0.15, 0.2) is 0 Å². The summed E-state index contributed by atoms with van der Waals surface area (Å²) in [5.41, 5.74) is 5.73. The molecule has 3 N–H and O–H groups in total. The molecule has 0 radical (unpaired) electrons. The standard InChI is InChI=1S/C21H42N2O3S/c1-26-20(24)15-13-11-9-7-5-3-2-4-6-8-10-12-14-17-23-21(25)19(22)16-18-27/h19,27H,2-18,22H2,1H3,(H,23,25). The largest absolute Gasteiger partial charge is 0.469 e. The SMILES string of the molecule is COC(=O)CCCCCCCCCCCCCCCNC(=O)C(N)CCS. The molecule has 0 aromatic heterocycles. The Labute approximate surface area is 172 Å². The summed E-state index contributed by atoms with van der Waals surface area (Å²) in [6.07, 6.45) is 17.2. The lowest BCUT2D eigenvalue weighted by atomic mass is 10.0. The van der Waals surface area contributed by atoms with Gasteiger partial charge in [-0.05, 0) is 25.0 Å². The zero-order valence-corrected chi connectivity index (χ0v) is 18.2. The molecule has 160 valence electrons. The molecule has 0 heterocycles. The Hall–Kier alpha value is -0.750. The molecule has 0 rings (SSSR count). The lowest BCUT2D eigenvalue weighted by molar-refractivity contribution is -0.140. The van der Waals surface area contributed by atoms with Crippen LogP contribution >= 0.6 is 12.6 Å². The van der Waals surface area contributed by atoms with E-state index in [0.29, 0.717) is 18.6 Å². The zero-order chi connectivity index (χ0) is 20.2. The molecule has 27 heavy (non-hydrogen) atoms. The van der Waals surface area contributed by atoms with Gasteiger partial charge in [0.2, 0.25) is 5.91 Å². The van der Waals surface area contributed by atoms with Crippen molar-refractivity contribution in [3.63, 3.8) is 0 Å². The van der Waals surface area contributed by atoms with Crippen LogP contribution in [0.3, 0.4) is 0 Å². The predicted octanol–water partition coefficient (Wildman–Crippen LogP) is 4.38. The van der Waals surface area contributed by atoms with Crippen molar-refractivity contribution in [2.75, 3.05) is 19.4 Å². The van der Waals surface area contributed by atoms with Crippen LogP contribution in [-0.4, -0.2) is 37.3 Å². The predicted molar refractivity (Wildman–Crippen MR) is 116 cm³/mol. The first-order valence-electron chi connectivity index (χ1n) is 10.8. The van der Waals surface area contributed by atoms with Crippen molar-refractivity contribution in [3.05, 3.63) is 0 Å². The van der Waals surface area contributed by atoms with Crippen LogP contribution < -0.4 is 11.1 Å².